The van der Waals surface area contributed by atoms with Crippen LogP contribution in [0.5, 0.6) is 5.75 Å². The normalized spacial score (nSPS) is 16.9. The fourth-order valence-electron chi connectivity index (χ4n) is 3.20. The highest BCUT2D eigenvalue weighted by atomic mass is 35.5. The summed E-state index contributed by atoms with van der Waals surface area (Å²) in [6, 6.07) is 13.1. The van der Waals surface area contributed by atoms with Crippen molar-refractivity contribution in [1.82, 2.24) is 5.32 Å². The van der Waals surface area contributed by atoms with Crippen LogP contribution in [-0.2, 0) is 6.42 Å². The number of para-hydroxylation sites is 1. The highest BCUT2D eigenvalue weighted by Gasteiger charge is 2.28. The Morgan fingerprint density at radius 1 is 1.28 bits per heavy atom. The molecule has 4 heteroatoms. The molecule has 1 aliphatic heterocycles. The molecule has 0 saturated carbocycles. The molecule has 0 amide bonds. The molecule has 130 valence electrons. The molecule has 0 aromatic heterocycles. The lowest BCUT2D eigenvalue weighted by Crippen LogP contribution is -2.43. The van der Waals surface area contributed by atoms with Gasteiger partial charge in [-0.25, -0.2) is 0 Å². The topological polar surface area (TPSA) is 38.3 Å². The molecule has 25 heavy (non-hydrogen) atoms. The quantitative estimate of drug-likeness (QED) is 0.627. The third-order valence-electron chi connectivity index (χ3n) is 4.19. The lowest BCUT2D eigenvalue weighted by Gasteiger charge is -2.35. The Balaban J connectivity index is 2.02. The monoisotopic (exact) mass is 355 g/mol. The van der Waals surface area contributed by atoms with E-state index in [0.29, 0.717) is 22.9 Å². The SMILES string of the molecule is CCOc1ccccc1C(=O)C=C1NC(C)(C)Cc2cc(Cl)ccc21. The Labute approximate surface area is 153 Å². The van der Waals surface area contributed by atoms with Crippen LogP contribution in [0.2, 0.25) is 5.02 Å². The molecule has 1 heterocycles. The van der Waals surface area contributed by atoms with Crippen molar-refractivity contribution in [2.45, 2.75) is 32.7 Å². The van der Waals surface area contributed by atoms with E-state index in [1.807, 2.05) is 43.3 Å². The molecule has 0 bridgehead atoms. The molecule has 3 nitrogen and oxygen atoms in total. The summed E-state index contributed by atoms with van der Waals surface area (Å²) in [5.41, 5.74) is 3.40. The predicted octanol–water partition coefficient (Wildman–Crippen LogP) is 4.89. The van der Waals surface area contributed by atoms with Gasteiger partial charge >= 0.3 is 0 Å². The fraction of sp³-hybridized carbons (Fsp3) is 0.286. The first kappa shape index (κ1) is 17.6. The second-order valence-electron chi connectivity index (χ2n) is 6.84. The summed E-state index contributed by atoms with van der Waals surface area (Å²) in [7, 11) is 0. The number of halogens is 1. The third kappa shape index (κ3) is 3.88. The molecule has 2 aromatic rings. The number of hydrogen-bond donors (Lipinski definition) is 1. The smallest absolute Gasteiger partial charge is 0.191 e. The lowest BCUT2D eigenvalue weighted by atomic mass is 9.85. The first-order chi connectivity index (χ1) is 11.9. The molecular formula is C21H22ClNO2. The number of nitrogens with one attached hydrogen (secondary N) is 1. The predicted molar refractivity (Wildman–Crippen MR) is 102 cm³/mol. The summed E-state index contributed by atoms with van der Waals surface area (Å²) in [6.45, 7) is 6.66. The van der Waals surface area contributed by atoms with Crippen LogP contribution in [0.15, 0.2) is 48.5 Å². The molecule has 1 N–H and O–H groups in total. The van der Waals surface area contributed by atoms with Crippen LogP contribution >= 0.6 is 11.6 Å². The molecule has 0 aliphatic carbocycles. The van der Waals surface area contributed by atoms with Gasteiger partial charge in [0.2, 0.25) is 0 Å². The van der Waals surface area contributed by atoms with Gasteiger partial charge in [-0.15, -0.1) is 0 Å². The van der Waals surface area contributed by atoms with Crippen molar-refractivity contribution in [3.05, 3.63) is 70.3 Å². The summed E-state index contributed by atoms with van der Waals surface area (Å²) < 4.78 is 5.59. The number of carbonyl (C=O) groups excluding carboxylic acids is 1. The number of rotatable bonds is 4. The standard InChI is InChI=1S/C21H22ClNO2/c1-4-25-20-8-6-5-7-17(20)19(24)12-18-16-10-9-15(22)11-14(16)13-21(2,3)23-18/h5-12,23H,4,13H2,1-3H3. The van der Waals surface area contributed by atoms with E-state index >= 15 is 0 Å². The number of carbonyl (C=O) groups is 1. The largest absolute Gasteiger partial charge is 0.493 e. The Bertz CT molecular complexity index is 840. The molecule has 0 fully saturated rings. The van der Waals surface area contributed by atoms with Crippen LogP contribution in [0.1, 0.15) is 42.3 Å². The summed E-state index contributed by atoms with van der Waals surface area (Å²) in [4.78, 5) is 12.9. The van der Waals surface area contributed by atoms with Crippen LogP contribution in [0.3, 0.4) is 0 Å². The molecule has 2 aromatic carbocycles. The Morgan fingerprint density at radius 3 is 2.80 bits per heavy atom. The van der Waals surface area contributed by atoms with Gasteiger partial charge < -0.3 is 10.1 Å². The Kier molecular flexibility index (Phi) is 4.87. The van der Waals surface area contributed by atoms with E-state index in [-0.39, 0.29) is 11.3 Å². The van der Waals surface area contributed by atoms with Crippen LogP contribution in [0.25, 0.3) is 5.70 Å². The van der Waals surface area contributed by atoms with Gasteiger partial charge in [-0.1, -0.05) is 29.8 Å². The van der Waals surface area contributed by atoms with Gasteiger partial charge in [0.25, 0.3) is 0 Å². The minimum Gasteiger partial charge on any atom is -0.493 e. The van der Waals surface area contributed by atoms with Crippen molar-refractivity contribution in [2.75, 3.05) is 6.61 Å². The number of fused-ring (bicyclic) bond motifs is 1. The van der Waals surface area contributed by atoms with Gasteiger partial charge in [0.05, 0.1) is 12.2 Å². The number of ether oxygens (including phenoxy) is 1. The zero-order valence-corrected chi connectivity index (χ0v) is 15.5. The van der Waals surface area contributed by atoms with E-state index in [9.17, 15) is 4.79 Å². The molecule has 0 radical (unpaired) electrons. The zero-order valence-electron chi connectivity index (χ0n) is 14.7. The third-order valence-corrected chi connectivity index (χ3v) is 4.43. The van der Waals surface area contributed by atoms with E-state index in [4.69, 9.17) is 16.3 Å². The number of ketones is 1. The van der Waals surface area contributed by atoms with E-state index in [0.717, 1.165) is 23.2 Å². The zero-order chi connectivity index (χ0) is 18.0. The summed E-state index contributed by atoms with van der Waals surface area (Å²) >= 11 is 6.15. The Hall–Kier alpha value is -2.26. The maximum Gasteiger partial charge on any atom is 0.191 e. The van der Waals surface area contributed by atoms with Gasteiger partial charge in [-0.05, 0) is 57.0 Å². The first-order valence-corrected chi connectivity index (χ1v) is 8.82. The fourth-order valence-corrected chi connectivity index (χ4v) is 3.39. The van der Waals surface area contributed by atoms with Crippen molar-refractivity contribution in [3.8, 4) is 5.75 Å². The maximum atomic E-state index is 12.9. The molecule has 0 spiro atoms. The average Bonchev–Trinajstić information content (AvgIpc) is 2.54. The first-order valence-electron chi connectivity index (χ1n) is 8.44. The molecule has 0 saturated heterocycles. The van der Waals surface area contributed by atoms with Crippen LogP contribution < -0.4 is 10.1 Å². The van der Waals surface area contributed by atoms with E-state index < -0.39 is 0 Å². The van der Waals surface area contributed by atoms with Crippen LogP contribution in [0.4, 0.5) is 0 Å². The van der Waals surface area contributed by atoms with E-state index in [1.54, 1.807) is 12.1 Å². The van der Waals surface area contributed by atoms with Crippen LogP contribution in [-0.4, -0.2) is 17.9 Å². The van der Waals surface area contributed by atoms with Gasteiger partial charge in [-0.2, -0.15) is 0 Å². The van der Waals surface area contributed by atoms with Crippen molar-refractivity contribution in [3.63, 3.8) is 0 Å². The van der Waals surface area contributed by atoms with E-state index in [2.05, 4.69) is 19.2 Å². The van der Waals surface area contributed by atoms with Crippen LogP contribution in [0, 0.1) is 0 Å². The van der Waals surface area contributed by atoms with Gasteiger partial charge in [0, 0.05) is 27.9 Å². The second-order valence-corrected chi connectivity index (χ2v) is 7.28. The minimum atomic E-state index is -0.150. The van der Waals surface area contributed by atoms with Gasteiger partial charge in [-0.3, -0.25) is 4.79 Å². The molecular weight excluding hydrogens is 334 g/mol. The van der Waals surface area contributed by atoms with Crippen molar-refractivity contribution >= 4 is 23.1 Å². The molecule has 0 unspecified atom stereocenters. The van der Waals surface area contributed by atoms with E-state index in [1.165, 1.54) is 0 Å². The number of allylic oxidation sites excluding steroid dienone is 1. The maximum absolute atomic E-state index is 12.9. The number of hydrogen-bond acceptors (Lipinski definition) is 3. The average molecular weight is 356 g/mol. The Morgan fingerprint density at radius 2 is 2.04 bits per heavy atom. The van der Waals surface area contributed by atoms with Crippen molar-refractivity contribution in [1.29, 1.82) is 0 Å². The molecule has 3 rings (SSSR count). The van der Waals surface area contributed by atoms with Gasteiger partial charge in [0.1, 0.15) is 5.75 Å². The lowest BCUT2D eigenvalue weighted by molar-refractivity contribution is 0.104. The highest BCUT2D eigenvalue weighted by Crippen LogP contribution is 2.32. The summed E-state index contributed by atoms with van der Waals surface area (Å²) in [6.07, 6.45) is 2.51. The summed E-state index contributed by atoms with van der Waals surface area (Å²) in [5.74, 6) is 0.531. The van der Waals surface area contributed by atoms with Crippen molar-refractivity contribution < 1.29 is 9.53 Å². The molecule has 1 aliphatic rings. The number of benzene rings is 2. The molecule has 0 atom stereocenters. The van der Waals surface area contributed by atoms with Gasteiger partial charge in [0.15, 0.2) is 5.78 Å². The second kappa shape index (κ2) is 6.93. The van der Waals surface area contributed by atoms with Crippen molar-refractivity contribution in [2.24, 2.45) is 0 Å². The summed E-state index contributed by atoms with van der Waals surface area (Å²) in [5, 5.41) is 4.19. The minimum absolute atomic E-state index is 0.0786. The highest BCUT2D eigenvalue weighted by molar-refractivity contribution is 6.30.